The van der Waals surface area contributed by atoms with E-state index >= 15 is 0 Å². The lowest BCUT2D eigenvalue weighted by Crippen LogP contribution is -2.06. The van der Waals surface area contributed by atoms with Crippen molar-refractivity contribution in [1.29, 1.82) is 0 Å². The van der Waals surface area contributed by atoms with Crippen molar-refractivity contribution in [3.05, 3.63) is 59.1 Å². The second-order valence-corrected chi connectivity index (χ2v) is 4.35. The van der Waals surface area contributed by atoms with Crippen LogP contribution in [0.5, 0.6) is 5.75 Å². The number of benzene rings is 2. The number of phenolic OH excluding ortho intramolecular Hbond substituents is 1. The van der Waals surface area contributed by atoms with Gasteiger partial charge in [0.2, 0.25) is 0 Å². The van der Waals surface area contributed by atoms with E-state index in [-0.39, 0.29) is 11.8 Å². The molecule has 0 radical (unpaired) electrons. The first-order valence-corrected chi connectivity index (χ1v) is 5.84. The predicted octanol–water partition coefficient (Wildman–Crippen LogP) is 4.22. The van der Waals surface area contributed by atoms with Gasteiger partial charge in [-0.15, -0.1) is 0 Å². The molecule has 0 aromatic heterocycles. The minimum Gasteiger partial charge on any atom is -0.508 e. The molecule has 0 saturated heterocycles. The number of para-hydroxylation sites is 1. The molecule has 2 aromatic rings. The molecular weight excluding hydrogens is 234 g/mol. The van der Waals surface area contributed by atoms with Crippen LogP contribution in [0.4, 0.5) is 5.69 Å². The van der Waals surface area contributed by atoms with Gasteiger partial charge in [0.1, 0.15) is 5.75 Å². The van der Waals surface area contributed by atoms with Crippen LogP contribution in [-0.4, -0.2) is 5.11 Å². The topological polar surface area (TPSA) is 32.3 Å². The molecule has 1 unspecified atom stereocenters. The van der Waals surface area contributed by atoms with Gasteiger partial charge >= 0.3 is 0 Å². The van der Waals surface area contributed by atoms with E-state index < -0.39 is 0 Å². The molecule has 0 fully saturated rings. The number of rotatable bonds is 3. The maximum absolute atomic E-state index is 9.43. The number of nitrogens with one attached hydrogen (secondary N) is 1. The van der Waals surface area contributed by atoms with Crippen molar-refractivity contribution in [3.63, 3.8) is 0 Å². The number of phenols is 1. The maximum Gasteiger partial charge on any atom is 0.115 e. The summed E-state index contributed by atoms with van der Waals surface area (Å²) in [6.45, 7) is 2.03. The molecule has 2 rings (SSSR count). The molecule has 2 N–H and O–H groups in total. The third-order valence-electron chi connectivity index (χ3n) is 2.62. The Balaban J connectivity index is 2.17. The van der Waals surface area contributed by atoms with Crippen LogP contribution in [-0.2, 0) is 0 Å². The lowest BCUT2D eigenvalue weighted by Gasteiger charge is -2.16. The fourth-order valence-electron chi connectivity index (χ4n) is 1.69. The normalized spacial score (nSPS) is 12.1. The predicted molar refractivity (Wildman–Crippen MR) is 71.6 cm³/mol. The highest BCUT2D eigenvalue weighted by molar-refractivity contribution is 6.33. The van der Waals surface area contributed by atoms with Crippen LogP contribution in [0, 0.1) is 0 Å². The van der Waals surface area contributed by atoms with E-state index in [1.807, 2.05) is 43.3 Å². The Bertz CT molecular complexity index is 513. The summed E-state index contributed by atoms with van der Waals surface area (Å²) in [5.74, 6) is 0.273. The zero-order valence-electron chi connectivity index (χ0n) is 9.52. The molecule has 2 nitrogen and oxygen atoms in total. The molecule has 0 amide bonds. The average Bonchev–Trinajstić information content (AvgIpc) is 2.32. The summed E-state index contributed by atoms with van der Waals surface area (Å²) in [5.41, 5.74) is 1.91. The standard InChI is InChI=1S/C14H14ClNO/c1-10(11-5-4-6-12(17)9-11)16-14-8-3-2-7-13(14)15/h2-10,16-17H,1H3. The van der Waals surface area contributed by atoms with E-state index in [0.29, 0.717) is 5.02 Å². The van der Waals surface area contributed by atoms with Crippen LogP contribution in [0.3, 0.4) is 0 Å². The van der Waals surface area contributed by atoms with Gasteiger partial charge in [-0.1, -0.05) is 35.9 Å². The SMILES string of the molecule is CC(Nc1ccccc1Cl)c1cccc(O)c1. The first-order chi connectivity index (χ1) is 8.16. The molecule has 0 aliphatic carbocycles. The molecule has 0 aliphatic rings. The molecule has 0 heterocycles. The summed E-state index contributed by atoms with van der Waals surface area (Å²) in [6, 6.07) is 14.9. The van der Waals surface area contributed by atoms with E-state index in [2.05, 4.69) is 5.32 Å². The smallest absolute Gasteiger partial charge is 0.115 e. The van der Waals surface area contributed by atoms with Crippen molar-refractivity contribution in [2.45, 2.75) is 13.0 Å². The third-order valence-corrected chi connectivity index (χ3v) is 2.95. The van der Waals surface area contributed by atoms with Crippen molar-refractivity contribution in [2.75, 3.05) is 5.32 Å². The number of hydrogen-bond acceptors (Lipinski definition) is 2. The van der Waals surface area contributed by atoms with E-state index in [0.717, 1.165) is 11.3 Å². The summed E-state index contributed by atoms with van der Waals surface area (Å²) in [6.07, 6.45) is 0. The van der Waals surface area contributed by atoms with Crippen molar-refractivity contribution >= 4 is 17.3 Å². The van der Waals surface area contributed by atoms with Gasteiger partial charge in [-0.25, -0.2) is 0 Å². The molecule has 17 heavy (non-hydrogen) atoms. The van der Waals surface area contributed by atoms with Crippen LogP contribution in [0.25, 0.3) is 0 Å². The highest BCUT2D eigenvalue weighted by atomic mass is 35.5. The highest BCUT2D eigenvalue weighted by Crippen LogP contribution is 2.26. The molecule has 0 saturated carbocycles. The van der Waals surface area contributed by atoms with Gasteiger partial charge in [-0.3, -0.25) is 0 Å². The molecule has 0 aliphatic heterocycles. The van der Waals surface area contributed by atoms with Crippen molar-refractivity contribution in [2.24, 2.45) is 0 Å². The van der Waals surface area contributed by atoms with Gasteiger partial charge in [0.25, 0.3) is 0 Å². The number of hydrogen-bond donors (Lipinski definition) is 2. The number of aromatic hydroxyl groups is 1. The molecular formula is C14H14ClNO. The summed E-state index contributed by atoms with van der Waals surface area (Å²) in [7, 11) is 0. The van der Waals surface area contributed by atoms with Crippen molar-refractivity contribution in [1.82, 2.24) is 0 Å². The van der Waals surface area contributed by atoms with Crippen LogP contribution in [0.1, 0.15) is 18.5 Å². The Morgan fingerprint density at radius 1 is 1.12 bits per heavy atom. The third kappa shape index (κ3) is 2.92. The second kappa shape index (κ2) is 5.11. The van der Waals surface area contributed by atoms with Crippen LogP contribution >= 0.6 is 11.6 Å². The Labute approximate surface area is 106 Å². The van der Waals surface area contributed by atoms with Crippen molar-refractivity contribution in [3.8, 4) is 5.75 Å². The van der Waals surface area contributed by atoms with Gasteiger partial charge in [-0.05, 0) is 36.8 Å². The Kier molecular flexibility index (Phi) is 3.55. The van der Waals surface area contributed by atoms with Gasteiger partial charge in [0.15, 0.2) is 0 Å². The number of anilines is 1. The molecule has 0 bridgehead atoms. The quantitative estimate of drug-likeness (QED) is 0.851. The Morgan fingerprint density at radius 3 is 2.59 bits per heavy atom. The zero-order chi connectivity index (χ0) is 12.3. The summed E-state index contributed by atoms with van der Waals surface area (Å²) in [4.78, 5) is 0. The van der Waals surface area contributed by atoms with Gasteiger partial charge in [-0.2, -0.15) is 0 Å². The summed E-state index contributed by atoms with van der Waals surface area (Å²) < 4.78 is 0. The fourth-order valence-corrected chi connectivity index (χ4v) is 1.88. The van der Waals surface area contributed by atoms with Crippen molar-refractivity contribution < 1.29 is 5.11 Å². The summed E-state index contributed by atoms with van der Waals surface area (Å²) >= 11 is 6.08. The first-order valence-electron chi connectivity index (χ1n) is 5.47. The fraction of sp³-hybridized carbons (Fsp3) is 0.143. The van der Waals surface area contributed by atoms with Gasteiger partial charge in [0.05, 0.1) is 10.7 Å². The minimum absolute atomic E-state index is 0.0852. The zero-order valence-corrected chi connectivity index (χ0v) is 10.3. The number of halogens is 1. The molecule has 1 atom stereocenters. The van der Waals surface area contributed by atoms with Crippen LogP contribution < -0.4 is 5.32 Å². The molecule has 3 heteroatoms. The summed E-state index contributed by atoms with van der Waals surface area (Å²) in [5, 5.41) is 13.4. The Morgan fingerprint density at radius 2 is 1.88 bits per heavy atom. The van der Waals surface area contributed by atoms with Crippen LogP contribution in [0.2, 0.25) is 5.02 Å². The van der Waals surface area contributed by atoms with E-state index in [4.69, 9.17) is 11.6 Å². The van der Waals surface area contributed by atoms with E-state index in [9.17, 15) is 5.11 Å². The highest BCUT2D eigenvalue weighted by Gasteiger charge is 2.07. The average molecular weight is 248 g/mol. The van der Waals surface area contributed by atoms with Crippen LogP contribution in [0.15, 0.2) is 48.5 Å². The van der Waals surface area contributed by atoms with Gasteiger partial charge < -0.3 is 10.4 Å². The lowest BCUT2D eigenvalue weighted by atomic mass is 10.1. The monoisotopic (exact) mass is 247 g/mol. The Hall–Kier alpha value is -1.67. The molecule has 2 aromatic carbocycles. The largest absolute Gasteiger partial charge is 0.508 e. The maximum atomic E-state index is 9.43. The second-order valence-electron chi connectivity index (χ2n) is 3.94. The molecule has 0 spiro atoms. The molecule has 88 valence electrons. The minimum atomic E-state index is 0.0852. The van der Waals surface area contributed by atoms with E-state index in [1.54, 1.807) is 12.1 Å². The first kappa shape index (κ1) is 11.8. The van der Waals surface area contributed by atoms with Gasteiger partial charge in [0, 0.05) is 6.04 Å². The lowest BCUT2D eigenvalue weighted by molar-refractivity contribution is 0.474. The van der Waals surface area contributed by atoms with E-state index in [1.165, 1.54) is 0 Å².